The van der Waals surface area contributed by atoms with Crippen LogP contribution in [0.25, 0.3) is 65.3 Å². The molecule has 0 aliphatic rings. The maximum Gasteiger partial charge on any atom is -0.00204 e. The Morgan fingerprint density at radius 1 is 0.265 bits per heavy atom. The van der Waals surface area contributed by atoms with Crippen molar-refractivity contribution in [2.45, 2.75) is 0 Å². The van der Waals surface area contributed by atoms with Crippen molar-refractivity contribution in [2.75, 3.05) is 0 Å². The molecule has 0 radical (unpaired) electrons. The van der Waals surface area contributed by atoms with Gasteiger partial charge in [0.25, 0.3) is 0 Å². The molecule has 0 heteroatoms. The molecule has 0 nitrogen and oxygen atoms in total. The second-order valence-electron chi connectivity index (χ2n) is 8.96. The van der Waals surface area contributed by atoms with Crippen molar-refractivity contribution in [1.82, 2.24) is 0 Å². The minimum absolute atomic E-state index is 1.26. The van der Waals surface area contributed by atoms with E-state index in [1.807, 2.05) is 0 Å². The van der Waals surface area contributed by atoms with Gasteiger partial charge in [-0.05, 0) is 77.5 Å². The van der Waals surface area contributed by atoms with Gasteiger partial charge in [-0.2, -0.15) is 0 Å². The van der Waals surface area contributed by atoms with Gasteiger partial charge < -0.3 is 0 Å². The van der Waals surface area contributed by atoms with Gasteiger partial charge in [0.15, 0.2) is 0 Å². The Balaban J connectivity index is 1.63. The van der Waals surface area contributed by atoms with E-state index < -0.39 is 0 Å². The molecule has 158 valence electrons. The summed E-state index contributed by atoms with van der Waals surface area (Å²) in [5.74, 6) is 0. The molecule has 0 atom stereocenters. The lowest BCUT2D eigenvalue weighted by Gasteiger charge is -2.18. The maximum absolute atomic E-state index is 2.35. The Hall–Kier alpha value is -4.42. The third-order valence-corrected chi connectivity index (χ3v) is 7.02. The zero-order chi connectivity index (χ0) is 22.5. The lowest BCUT2D eigenvalue weighted by Crippen LogP contribution is -1.91. The maximum atomic E-state index is 2.35. The molecule has 0 heterocycles. The molecule has 0 saturated carbocycles. The summed E-state index contributed by atoms with van der Waals surface area (Å²) in [6.45, 7) is 0. The highest BCUT2D eigenvalue weighted by Crippen LogP contribution is 2.43. The molecule has 0 aliphatic carbocycles. The van der Waals surface area contributed by atoms with Crippen molar-refractivity contribution in [3.8, 4) is 22.3 Å². The molecule has 0 fully saturated rings. The molecule has 7 aromatic rings. The molecule has 0 bridgehead atoms. The Bertz CT molecular complexity index is 1850. The van der Waals surface area contributed by atoms with Crippen molar-refractivity contribution in [3.05, 3.63) is 133 Å². The van der Waals surface area contributed by atoms with Crippen LogP contribution in [0.4, 0.5) is 0 Å². The highest BCUT2D eigenvalue weighted by molar-refractivity contribution is 6.14. The predicted octanol–water partition coefficient (Wildman–Crippen LogP) is 9.63. The fourth-order valence-electron chi connectivity index (χ4n) is 5.43. The van der Waals surface area contributed by atoms with Gasteiger partial charge in [-0.1, -0.05) is 121 Å². The van der Waals surface area contributed by atoms with E-state index in [1.165, 1.54) is 65.3 Å². The van der Waals surface area contributed by atoms with E-state index in [1.54, 1.807) is 0 Å². The SMILES string of the molecule is c1ccc2cc3c(-c4ccc5ccccc5c4-c4cccc5ccccc45)cccc3cc2c1. The summed E-state index contributed by atoms with van der Waals surface area (Å²) < 4.78 is 0. The van der Waals surface area contributed by atoms with Gasteiger partial charge in [0.2, 0.25) is 0 Å². The van der Waals surface area contributed by atoms with Crippen molar-refractivity contribution >= 4 is 43.1 Å². The number of fused-ring (bicyclic) bond motifs is 4. The van der Waals surface area contributed by atoms with Crippen LogP contribution >= 0.6 is 0 Å². The largest absolute Gasteiger partial charge is 0.0616 e. The molecule has 7 aromatic carbocycles. The zero-order valence-corrected chi connectivity index (χ0v) is 18.7. The van der Waals surface area contributed by atoms with Crippen LogP contribution in [0.3, 0.4) is 0 Å². The Morgan fingerprint density at radius 3 is 1.62 bits per heavy atom. The van der Waals surface area contributed by atoms with Gasteiger partial charge in [0, 0.05) is 0 Å². The Kier molecular flexibility index (Phi) is 4.25. The van der Waals surface area contributed by atoms with E-state index in [4.69, 9.17) is 0 Å². The van der Waals surface area contributed by atoms with Crippen LogP contribution in [0.2, 0.25) is 0 Å². The van der Waals surface area contributed by atoms with Crippen LogP contribution in [0.15, 0.2) is 133 Å². The first-order valence-corrected chi connectivity index (χ1v) is 11.8. The van der Waals surface area contributed by atoms with Gasteiger partial charge in [-0.25, -0.2) is 0 Å². The van der Waals surface area contributed by atoms with Crippen LogP contribution in [-0.2, 0) is 0 Å². The first-order chi connectivity index (χ1) is 16.9. The fourth-order valence-corrected chi connectivity index (χ4v) is 5.43. The van der Waals surface area contributed by atoms with Crippen molar-refractivity contribution < 1.29 is 0 Å². The predicted molar refractivity (Wildman–Crippen MR) is 147 cm³/mol. The fraction of sp³-hybridized carbons (Fsp3) is 0. The Labute approximate surface area is 198 Å². The number of rotatable bonds is 2. The molecule has 0 aliphatic heterocycles. The van der Waals surface area contributed by atoms with Gasteiger partial charge in [-0.15, -0.1) is 0 Å². The topological polar surface area (TPSA) is 0 Å². The van der Waals surface area contributed by atoms with Gasteiger partial charge >= 0.3 is 0 Å². The summed E-state index contributed by atoms with van der Waals surface area (Å²) in [6, 6.07) is 48.7. The highest BCUT2D eigenvalue weighted by Gasteiger charge is 2.16. The molecule has 0 amide bonds. The molecule has 0 saturated heterocycles. The van der Waals surface area contributed by atoms with Crippen molar-refractivity contribution in [1.29, 1.82) is 0 Å². The summed E-state index contributed by atoms with van der Waals surface area (Å²) in [5, 5.41) is 10.2. The zero-order valence-electron chi connectivity index (χ0n) is 18.7. The minimum Gasteiger partial charge on any atom is -0.0616 e. The molecule has 0 unspecified atom stereocenters. The lowest BCUT2D eigenvalue weighted by atomic mass is 9.86. The average Bonchev–Trinajstić information content (AvgIpc) is 2.90. The summed E-state index contributed by atoms with van der Waals surface area (Å²) in [5.41, 5.74) is 5.13. The van der Waals surface area contributed by atoms with E-state index in [9.17, 15) is 0 Å². The number of benzene rings is 7. The monoisotopic (exact) mass is 430 g/mol. The van der Waals surface area contributed by atoms with Crippen LogP contribution in [0, 0.1) is 0 Å². The van der Waals surface area contributed by atoms with Gasteiger partial charge in [-0.3, -0.25) is 0 Å². The summed E-state index contributed by atoms with van der Waals surface area (Å²) in [6.07, 6.45) is 0. The van der Waals surface area contributed by atoms with Crippen molar-refractivity contribution in [2.24, 2.45) is 0 Å². The molecule has 0 aromatic heterocycles. The molecular weight excluding hydrogens is 408 g/mol. The molecular formula is C34H22. The third-order valence-electron chi connectivity index (χ3n) is 7.02. The lowest BCUT2D eigenvalue weighted by molar-refractivity contribution is 1.65. The van der Waals surface area contributed by atoms with E-state index >= 15 is 0 Å². The van der Waals surface area contributed by atoms with Crippen LogP contribution in [0.1, 0.15) is 0 Å². The van der Waals surface area contributed by atoms with Crippen LogP contribution < -0.4 is 0 Å². The number of hydrogen-bond donors (Lipinski definition) is 0. The van der Waals surface area contributed by atoms with E-state index in [0.29, 0.717) is 0 Å². The van der Waals surface area contributed by atoms with Crippen LogP contribution in [-0.4, -0.2) is 0 Å². The average molecular weight is 431 g/mol. The van der Waals surface area contributed by atoms with E-state index in [0.717, 1.165) is 0 Å². The first kappa shape index (κ1) is 19.1. The van der Waals surface area contributed by atoms with Gasteiger partial charge in [0.05, 0.1) is 0 Å². The first-order valence-electron chi connectivity index (χ1n) is 11.8. The second-order valence-corrected chi connectivity index (χ2v) is 8.96. The Morgan fingerprint density at radius 2 is 0.824 bits per heavy atom. The summed E-state index contributed by atoms with van der Waals surface area (Å²) in [4.78, 5) is 0. The van der Waals surface area contributed by atoms with Crippen LogP contribution in [0.5, 0.6) is 0 Å². The highest BCUT2D eigenvalue weighted by atomic mass is 14.2. The summed E-state index contributed by atoms with van der Waals surface area (Å²) >= 11 is 0. The second kappa shape index (κ2) is 7.57. The summed E-state index contributed by atoms with van der Waals surface area (Å²) in [7, 11) is 0. The molecule has 34 heavy (non-hydrogen) atoms. The van der Waals surface area contributed by atoms with Gasteiger partial charge in [0.1, 0.15) is 0 Å². The quantitative estimate of drug-likeness (QED) is 0.239. The molecule has 7 rings (SSSR count). The minimum atomic E-state index is 1.26. The standard InChI is InChI=1S/C34H22/c1-2-12-26-22-33-27(21-25(26)11-1)14-8-17-30(33)32-20-19-24-10-4-6-16-29(24)34(32)31-18-7-13-23-9-3-5-15-28(23)31/h1-22H. The third kappa shape index (κ3) is 2.93. The smallest absolute Gasteiger partial charge is 0.00204 e. The van der Waals surface area contributed by atoms with Crippen molar-refractivity contribution in [3.63, 3.8) is 0 Å². The molecule has 0 N–H and O–H groups in total. The van der Waals surface area contributed by atoms with E-state index in [-0.39, 0.29) is 0 Å². The van der Waals surface area contributed by atoms with E-state index in [2.05, 4.69) is 133 Å². The molecule has 0 spiro atoms. The number of hydrogen-bond acceptors (Lipinski definition) is 0. The normalized spacial score (nSPS) is 11.5.